The molecule has 0 spiro atoms. The number of benzene rings is 1. The van der Waals surface area contributed by atoms with Crippen molar-refractivity contribution in [3.63, 3.8) is 0 Å². The Labute approximate surface area is 152 Å². The van der Waals surface area contributed by atoms with Crippen LogP contribution in [0.15, 0.2) is 48.7 Å². The monoisotopic (exact) mass is 383 g/mol. The van der Waals surface area contributed by atoms with Crippen molar-refractivity contribution in [3.05, 3.63) is 54.2 Å². The standard InChI is InChI=1S/C17H16F3N3O4/c1-11-8-9-13(21-10-11)22-15(25)23-16(14(24)26-2,17(18,19)20)27-12-6-4-3-5-7-12/h3-10H,1-2H3,(H2,21,22,23,25)/t16-/m0/s1. The lowest BCUT2D eigenvalue weighted by Gasteiger charge is -2.33. The van der Waals surface area contributed by atoms with Crippen molar-refractivity contribution in [2.24, 2.45) is 0 Å². The Bertz CT molecular complexity index is 797. The molecular formula is C17H16F3N3O4. The first kappa shape index (κ1) is 20.0. The third kappa shape index (κ3) is 4.66. The Hall–Kier alpha value is -3.30. The normalized spacial score (nSPS) is 13.2. The summed E-state index contributed by atoms with van der Waals surface area (Å²) in [4.78, 5) is 28.0. The Kier molecular flexibility index (Phi) is 5.88. The first-order valence-corrected chi connectivity index (χ1v) is 7.59. The lowest BCUT2D eigenvalue weighted by Crippen LogP contribution is -2.68. The first-order valence-electron chi connectivity index (χ1n) is 7.59. The van der Waals surface area contributed by atoms with Gasteiger partial charge in [0.1, 0.15) is 11.6 Å². The van der Waals surface area contributed by atoms with Crippen LogP contribution in [0.3, 0.4) is 0 Å². The predicted molar refractivity (Wildman–Crippen MR) is 89.0 cm³/mol. The molecule has 1 heterocycles. The number of para-hydroxylation sites is 1. The van der Waals surface area contributed by atoms with Crippen LogP contribution in [-0.4, -0.2) is 36.0 Å². The molecule has 2 rings (SSSR count). The van der Waals surface area contributed by atoms with Gasteiger partial charge in [0.15, 0.2) is 0 Å². The topological polar surface area (TPSA) is 89.5 Å². The number of nitrogens with one attached hydrogen (secondary N) is 2. The Balaban J connectivity index is 2.34. The molecule has 0 saturated carbocycles. The number of alkyl halides is 3. The highest BCUT2D eigenvalue weighted by Crippen LogP contribution is 2.34. The van der Waals surface area contributed by atoms with Gasteiger partial charge in [-0.2, -0.15) is 13.2 Å². The highest BCUT2D eigenvalue weighted by molar-refractivity contribution is 5.93. The van der Waals surface area contributed by atoms with E-state index in [0.29, 0.717) is 0 Å². The summed E-state index contributed by atoms with van der Waals surface area (Å²) in [6, 6.07) is 8.39. The minimum absolute atomic E-state index is 0.0150. The highest BCUT2D eigenvalue weighted by Gasteiger charge is 2.66. The van der Waals surface area contributed by atoms with E-state index < -0.39 is 23.9 Å². The third-order valence-corrected chi connectivity index (χ3v) is 3.33. The van der Waals surface area contributed by atoms with Crippen molar-refractivity contribution in [3.8, 4) is 5.75 Å². The molecule has 7 nitrogen and oxygen atoms in total. The molecule has 0 aliphatic carbocycles. The van der Waals surface area contributed by atoms with Gasteiger partial charge in [-0.05, 0) is 30.7 Å². The molecule has 0 fully saturated rings. The molecule has 27 heavy (non-hydrogen) atoms. The number of pyridine rings is 1. The largest absolute Gasteiger partial charge is 0.464 e. The summed E-state index contributed by atoms with van der Waals surface area (Å²) in [5.74, 6) is -2.15. The number of aryl methyl sites for hydroxylation is 1. The minimum Gasteiger partial charge on any atom is -0.464 e. The zero-order chi connectivity index (χ0) is 20.1. The van der Waals surface area contributed by atoms with Gasteiger partial charge in [0, 0.05) is 6.20 Å². The smallest absolute Gasteiger partial charge is 0.460 e. The molecule has 0 radical (unpaired) electrons. The fourth-order valence-electron chi connectivity index (χ4n) is 2.02. The van der Waals surface area contributed by atoms with Gasteiger partial charge in [-0.1, -0.05) is 24.3 Å². The molecule has 0 aliphatic rings. The molecule has 0 saturated heterocycles. The van der Waals surface area contributed by atoms with Gasteiger partial charge in [-0.3, -0.25) is 10.6 Å². The molecule has 0 bridgehead atoms. The molecule has 1 aromatic heterocycles. The number of hydrogen-bond donors (Lipinski definition) is 2. The molecular weight excluding hydrogens is 367 g/mol. The zero-order valence-electron chi connectivity index (χ0n) is 14.3. The quantitative estimate of drug-likeness (QED) is 0.612. The summed E-state index contributed by atoms with van der Waals surface area (Å²) >= 11 is 0. The van der Waals surface area contributed by atoms with Crippen LogP contribution in [0.25, 0.3) is 0 Å². The van der Waals surface area contributed by atoms with Crippen molar-refractivity contribution in [2.45, 2.75) is 18.8 Å². The van der Waals surface area contributed by atoms with Crippen LogP contribution in [0.1, 0.15) is 5.56 Å². The summed E-state index contributed by atoms with van der Waals surface area (Å²) in [7, 11) is 0.748. The number of amides is 2. The fraction of sp³-hybridized carbons (Fsp3) is 0.235. The fourth-order valence-corrected chi connectivity index (χ4v) is 2.02. The van der Waals surface area contributed by atoms with Gasteiger partial charge in [-0.25, -0.2) is 14.6 Å². The lowest BCUT2D eigenvalue weighted by atomic mass is 10.2. The van der Waals surface area contributed by atoms with E-state index in [4.69, 9.17) is 4.74 Å². The summed E-state index contributed by atoms with van der Waals surface area (Å²) in [6.07, 6.45) is -3.92. The van der Waals surface area contributed by atoms with Crippen molar-refractivity contribution < 1.29 is 32.2 Å². The second kappa shape index (κ2) is 7.94. The Morgan fingerprint density at radius 1 is 1.07 bits per heavy atom. The van der Waals surface area contributed by atoms with Gasteiger partial charge in [0.05, 0.1) is 7.11 Å². The van der Waals surface area contributed by atoms with E-state index >= 15 is 0 Å². The third-order valence-electron chi connectivity index (χ3n) is 3.33. The summed E-state index contributed by atoms with van der Waals surface area (Å²) in [5, 5.41) is 3.63. The van der Waals surface area contributed by atoms with Crippen LogP contribution in [0.4, 0.5) is 23.8 Å². The van der Waals surface area contributed by atoms with Gasteiger partial charge in [0.2, 0.25) is 0 Å². The molecule has 0 unspecified atom stereocenters. The number of nitrogens with zero attached hydrogens (tertiary/aromatic N) is 1. The van der Waals surface area contributed by atoms with Crippen molar-refractivity contribution in [1.29, 1.82) is 0 Å². The van der Waals surface area contributed by atoms with E-state index in [2.05, 4.69) is 15.0 Å². The van der Waals surface area contributed by atoms with Crippen LogP contribution in [0.5, 0.6) is 5.75 Å². The Morgan fingerprint density at radius 3 is 2.26 bits per heavy atom. The van der Waals surface area contributed by atoms with Crippen molar-refractivity contribution in [1.82, 2.24) is 10.3 Å². The van der Waals surface area contributed by atoms with Gasteiger partial charge >= 0.3 is 23.9 Å². The molecule has 0 aliphatic heterocycles. The lowest BCUT2D eigenvalue weighted by molar-refractivity contribution is -0.258. The Morgan fingerprint density at radius 2 is 1.74 bits per heavy atom. The van der Waals surface area contributed by atoms with Crippen LogP contribution >= 0.6 is 0 Å². The number of ether oxygens (including phenoxy) is 2. The highest BCUT2D eigenvalue weighted by atomic mass is 19.4. The van der Waals surface area contributed by atoms with Crippen molar-refractivity contribution >= 4 is 17.8 Å². The number of halogens is 3. The molecule has 2 aromatic rings. The van der Waals surface area contributed by atoms with E-state index in [0.717, 1.165) is 12.7 Å². The second-order valence-electron chi connectivity index (χ2n) is 5.39. The summed E-state index contributed by atoms with van der Waals surface area (Å²) < 4.78 is 50.4. The van der Waals surface area contributed by atoms with E-state index in [9.17, 15) is 22.8 Å². The molecule has 10 heteroatoms. The van der Waals surface area contributed by atoms with Crippen LogP contribution < -0.4 is 15.4 Å². The number of urea groups is 1. The van der Waals surface area contributed by atoms with E-state index in [1.165, 1.54) is 41.8 Å². The predicted octanol–water partition coefficient (Wildman–Crippen LogP) is 3.02. The van der Waals surface area contributed by atoms with Gasteiger partial charge in [-0.15, -0.1) is 0 Å². The average molecular weight is 383 g/mol. The molecule has 2 N–H and O–H groups in total. The van der Waals surface area contributed by atoms with Crippen LogP contribution in [0, 0.1) is 6.92 Å². The number of methoxy groups -OCH3 is 1. The average Bonchev–Trinajstić information content (AvgIpc) is 2.62. The van der Waals surface area contributed by atoms with Gasteiger partial charge in [0.25, 0.3) is 0 Å². The molecule has 144 valence electrons. The van der Waals surface area contributed by atoms with E-state index in [-0.39, 0.29) is 11.6 Å². The number of esters is 1. The number of carbonyl (C=O) groups excluding carboxylic acids is 2. The SMILES string of the molecule is COC(=O)[C@](NC(=O)Nc1ccc(C)cn1)(Oc1ccccc1)C(F)(F)F. The second-order valence-corrected chi connectivity index (χ2v) is 5.39. The van der Waals surface area contributed by atoms with Crippen LogP contribution in [0.2, 0.25) is 0 Å². The minimum atomic E-state index is -5.33. The number of aromatic nitrogens is 1. The van der Waals surface area contributed by atoms with Crippen molar-refractivity contribution in [2.75, 3.05) is 12.4 Å². The molecule has 2 amide bonds. The maximum atomic E-state index is 13.8. The number of hydrogen-bond acceptors (Lipinski definition) is 5. The molecule has 1 aromatic carbocycles. The summed E-state index contributed by atoms with van der Waals surface area (Å²) in [5.41, 5.74) is -2.97. The summed E-state index contributed by atoms with van der Waals surface area (Å²) in [6.45, 7) is 1.75. The molecule has 1 atom stereocenters. The maximum absolute atomic E-state index is 13.8. The van der Waals surface area contributed by atoms with Crippen LogP contribution in [-0.2, 0) is 9.53 Å². The maximum Gasteiger partial charge on any atom is 0.460 e. The number of anilines is 1. The number of carbonyl (C=O) groups is 2. The van der Waals surface area contributed by atoms with E-state index in [1.807, 2.05) is 0 Å². The van der Waals surface area contributed by atoms with E-state index in [1.54, 1.807) is 19.1 Å². The first-order chi connectivity index (χ1) is 12.7. The van der Waals surface area contributed by atoms with Gasteiger partial charge < -0.3 is 9.47 Å². The number of rotatable bonds is 5. The zero-order valence-corrected chi connectivity index (χ0v) is 14.3.